The highest BCUT2D eigenvalue weighted by atomic mass is 16.4. The number of aliphatic hydroxyl groups is 2. The standard InChI is InChI=1S/C26H27N5O2.C4H6O6/c27-16-18-4-6-23-22(13-18)19(17-29-23)3-1-2-8-30-9-11-31(12-10-30)21-5-7-24-20(14-21)15-25(33-24)26(28)32;5-1(3(7)8)2(6)4(9)10/h4-7,13-15,17,29H,1-3,8-12H2,(H2,28,32);1-2,5-6H,(H,7,8)(H,9,10). The molecule has 0 saturated carbocycles. The second-order valence-corrected chi connectivity index (χ2v) is 10.2. The Bertz CT molecular complexity index is 1630. The van der Waals surface area contributed by atoms with Crippen LogP contribution in [-0.2, 0) is 16.0 Å². The number of anilines is 1. The van der Waals surface area contributed by atoms with Gasteiger partial charge in [0.25, 0.3) is 5.91 Å². The summed E-state index contributed by atoms with van der Waals surface area (Å²) in [6, 6.07) is 15.8. The molecular formula is C30H33N5O8. The third kappa shape index (κ3) is 7.69. The number of aliphatic carboxylic acids is 2. The van der Waals surface area contributed by atoms with E-state index in [0.29, 0.717) is 11.1 Å². The number of primary amides is 1. The smallest absolute Gasteiger partial charge is 0.335 e. The van der Waals surface area contributed by atoms with Crippen LogP contribution in [0.4, 0.5) is 5.69 Å². The molecule has 5 rings (SSSR count). The number of carboxylic acid groups (broad SMARTS) is 2. The first-order valence-corrected chi connectivity index (χ1v) is 13.7. The number of aryl methyl sites for hydroxylation is 1. The molecule has 13 nitrogen and oxygen atoms in total. The molecule has 1 aliphatic heterocycles. The van der Waals surface area contributed by atoms with Gasteiger partial charge in [-0.1, -0.05) is 0 Å². The molecule has 1 saturated heterocycles. The summed E-state index contributed by atoms with van der Waals surface area (Å²) in [7, 11) is 0. The first-order valence-electron chi connectivity index (χ1n) is 13.7. The maximum Gasteiger partial charge on any atom is 0.335 e. The first-order chi connectivity index (χ1) is 20.6. The number of unbranched alkanes of at least 4 members (excludes halogenated alkanes) is 1. The van der Waals surface area contributed by atoms with Crippen molar-refractivity contribution in [1.82, 2.24) is 9.88 Å². The maximum absolute atomic E-state index is 11.4. The fourth-order valence-electron chi connectivity index (χ4n) is 4.95. The van der Waals surface area contributed by atoms with E-state index in [-0.39, 0.29) is 5.76 Å². The minimum Gasteiger partial charge on any atom is -0.479 e. The van der Waals surface area contributed by atoms with Crippen LogP contribution in [0.25, 0.3) is 21.9 Å². The number of amides is 1. The molecule has 2 atom stereocenters. The lowest BCUT2D eigenvalue weighted by molar-refractivity contribution is -0.165. The van der Waals surface area contributed by atoms with E-state index in [1.54, 1.807) is 6.07 Å². The zero-order valence-electron chi connectivity index (χ0n) is 23.3. The summed E-state index contributed by atoms with van der Waals surface area (Å²) in [5.41, 5.74) is 10.3. The number of fused-ring (bicyclic) bond motifs is 2. The summed E-state index contributed by atoms with van der Waals surface area (Å²) in [6.45, 7) is 5.13. The molecule has 2 unspecified atom stereocenters. The number of aromatic nitrogens is 1. The molecule has 1 amide bonds. The number of carbonyl (C=O) groups is 3. The second-order valence-electron chi connectivity index (χ2n) is 10.2. The Morgan fingerprint density at radius 2 is 1.67 bits per heavy atom. The third-order valence-electron chi connectivity index (χ3n) is 7.35. The number of carboxylic acids is 2. The van der Waals surface area contributed by atoms with Gasteiger partial charge in [0.2, 0.25) is 0 Å². The average Bonchev–Trinajstić information content (AvgIpc) is 3.62. The Balaban J connectivity index is 0.000000365. The fraction of sp³-hybridized carbons (Fsp3) is 0.333. The number of furan rings is 1. The molecule has 1 fully saturated rings. The van der Waals surface area contributed by atoms with E-state index in [2.05, 4.69) is 33.1 Å². The van der Waals surface area contributed by atoms with Crippen LogP contribution in [0, 0.1) is 11.3 Å². The number of aromatic amines is 1. The Hall–Kier alpha value is -4.90. The quantitative estimate of drug-likeness (QED) is 0.146. The van der Waals surface area contributed by atoms with E-state index in [1.807, 2.05) is 30.3 Å². The normalized spacial score (nSPS) is 15.0. The molecule has 0 radical (unpaired) electrons. The topological polar surface area (TPSA) is 217 Å². The summed E-state index contributed by atoms with van der Waals surface area (Å²) in [5.74, 6) is -3.88. The fourth-order valence-corrected chi connectivity index (χ4v) is 4.95. The molecule has 0 aliphatic carbocycles. The van der Waals surface area contributed by atoms with Crippen LogP contribution in [0.2, 0.25) is 0 Å². The SMILES string of the molecule is N#Cc1ccc2[nH]cc(CCCCN3CCN(c4ccc5oc(C(N)=O)cc5c4)CC3)c2c1.O=C(O)C(O)C(O)C(=O)O. The Morgan fingerprint density at radius 3 is 2.30 bits per heavy atom. The average molecular weight is 592 g/mol. The van der Waals surface area contributed by atoms with Crippen molar-refractivity contribution in [3.05, 3.63) is 65.5 Å². The van der Waals surface area contributed by atoms with Gasteiger partial charge in [0.1, 0.15) is 5.58 Å². The number of hydrogen-bond acceptors (Lipinski definition) is 9. The van der Waals surface area contributed by atoms with Crippen LogP contribution in [0.5, 0.6) is 0 Å². The number of aliphatic hydroxyl groups excluding tert-OH is 2. The van der Waals surface area contributed by atoms with Crippen molar-refractivity contribution in [2.45, 2.75) is 31.5 Å². The third-order valence-corrected chi connectivity index (χ3v) is 7.35. The molecule has 13 heteroatoms. The predicted molar refractivity (Wildman–Crippen MR) is 157 cm³/mol. The van der Waals surface area contributed by atoms with Gasteiger partial charge in [0, 0.05) is 54.4 Å². The summed E-state index contributed by atoms with van der Waals surface area (Å²) >= 11 is 0. The van der Waals surface area contributed by atoms with E-state index >= 15 is 0 Å². The van der Waals surface area contributed by atoms with Crippen molar-refractivity contribution in [3.8, 4) is 6.07 Å². The van der Waals surface area contributed by atoms with Crippen molar-refractivity contribution in [2.75, 3.05) is 37.6 Å². The number of benzene rings is 2. The van der Waals surface area contributed by atoms with E-state index in [0.717, 1.165) is 68.6 Å². The predicted octanol–water partition coefficient (Wildman–Crippen LogP) is 1.91. The zero-order chi connectivity index (χ0) is 31.1. The number of piperazine rings is 1. The van der Waals surface area contributed by atoms with E-state index in [4.69, 9.17) is 35.8 Å². The monoisotopic (exact) mass is 591 g/mol. The Kier molecular flexibility index (Phi) is 9.99. The second kappa shape index (κ2) is 13.8. The summed E-state index contributed by atoms with van der Waals surface area (Å²) in [5, 5.41) is 43.8. The number of H-pyrrole nitrogens is 1. The van der Waals surface area contributed by atoms with Crippen molar-refractivity contribution >= 4 is 45.4 Å². The molecule has 3 heterocycles. The highest BCUT2D eigenvalue weighted by molar-refractivity contribution is 5.95. The number of nitrogens with zero attached hydrogens (tertiary/aromatic N) is 3. The number of carbonyl (C=O) groups excluding carboxylic acids is 1. The largest absolute Gasteiger partial charge is 0.479 e. The van der Waals surface area contributed by atoms with Gasteiger partial charge in [-0.15, -0.1) is 0 Å². The lowest BCUT2D eigenvalue weighted by Crippen LogP contribution is -2.46. The summed E-state index contributed by atoms with van der Waals surface area (Å²) < 4.78 is 5.49. The number of hydrogen-bond donors (Lipinski definition) is 6. The van der Waals surface area contributed by atoms with E-state index < -0.39 is 30.1 Å². The zero-order valence-corrected chi connectivity index (χ0v) is 23.3. The number of nitrogens with two attached hydrogens (primary N) is 1. The van der Waals surface area contributed by atoms with E-state index in [1.165, 1.54) is 10.9 Å². The van der Waals surface area contributed by atoms with Crippen LogP contribution in [0.3, 0.4) is 0 Å². The molecule has 43 heavy (non-hydrogen) atoms. The van der Waals surface area contributed by atoms with Gasteiger partial charge in [-0.3, -0.25) is 9.69 Å². The molecule has 0 spiro atoms. The van der Waals surface area contributed by atoms with Crippen LogP contribution < -0.4 is 10.6 Å². The van der Waals surface area contributed by atoms with Crippen LogP contribution in [-0.4, -0.2) is 93.1 Å². The molecule has 7 N–H and O–H groups in total. The maximum atomic E-state index is 11.4. The molecule has 226 valence electrons. The van der Waals surface area contributed by atoms with Crippen LogP contribution in [0.15, 0.2) is 53.1 Å². The molecule has 2 aromatic carbocycles. The van der Waals surface area contributed by atoms with Gasteiger partial charge in [-0.05, 0) is 73.8 Å². The van der Waals surface area contributed by atoms with Gasteiger partial charge in [0.05, 0.1) is 11.6 Å². The lowest BCUT2D eigenvalue weighted by Gasteiger charge is -2.36. The van der Waals surface area contributed by atoms with Gasteiger partial charge < -0.3 is 40.5 Å². The van der Waals surface area contributed by atoms with Crippen molar-refractivity contribution in [3.63, 3.8) is 0 Å². The first kappa shape index (κ1) is 31.0. The van der Waals surface area contributed by atoms with Crippen molar-refractivity contribution < 1.29 is 39.2 Å². The Morgan fingerprint density at radius 1 is 0.977 bits per heavy atom. The molecule has 4 aromatic rings. The number of nitriles is 1. The van der Waals surface area contributed by atoms with Crippen LogP contribution >= 0.6 is 0 Å². The molecule has 2 aromatic heterocycles. The minimum absolute atomic E-state index is 0.199. The molecule has 0 bridgehead atoms. The van der Waals surface area contributed by atoms with Crippen molar-refractivity contribution in [2.24, 2.45) is 5.73 Å². The van der Waals surface area contributed by atoms with Crippen LogP contribution in [0.1, 0.15) is 34.5 Å². The summed E-state index contributed by atoms with van der Waals surface area (Å²) in [6.07, 6.45) is 0.848. The Labute approximate surface area is 246 Å². The number of rotatable bonds is 10. The van der Waals surface area contributed by atoms with Gasteiger partial charge in [-0.2, -0.15) is 5.26 Å². The summed E-state index contributed by atoms with van der Waals surface area (Å²) in [4.78, 5) is 39.1. The molecular weight excluding hydrogens is 558 g/mol. The van der Waals surface area contributed by atoms with E-state index in [9.17, 15) is 14.4 Å². The lowest BCUT2D eigenvalue weighted by atomic mass is 10.1. The molecule has 1 aliphatic rings. The van der Waals surface area contributed by atoms with Gasteiger partial charge >= 0.3 is 11.9 Å². The number of nitrogens with one attached hydrogen (secondary N) is 1. The van der Waals surface area contributed by atoms with Gasteiger partial charge in [0.15, 0.2) is 18.0 Å². The van der Waals surface area contributed by atoms with Crippen molar-refractivity contribution in [1.29, 1.82) is 5.26 Å². The minimum atomic E-state index is -2.27. The highest BCUT2D eigenvalue weighted by Crippen LogP contribution is 2.26. The highest BCUT2D eigenvalue weighted by Gasteiger charge is 2.29. The van der Waals surface area contributed by atoms with Gasteiger partial charge in [-0.25, -0.2) is 9.59 Å².